The molecule has 0 aliphatic heterocycles. The largest absolute Gasteiger partial charge is 0.472 e. The van der Waals surface area contributed by atoms with Crippen LogP contribution in [0.25, 0.3) is 0 Å². The van der Waals surface area contributed by atoms with Gasteiger partial charge in [0, 0.05) is 11.0 Å². The van der Waals surface area contributed by atoms with Crippen LogP contribution in [0.2, 0.25) is 0 Å². The fourth-order valence-corrected chi connectivity index (χ4v) is 1.43. The highest BCUT2D eigenvalue weighted by Crippen LogP contribution is 2.28. The van der Waals surface area contributed by atoms with Crippen molar-refractivity contribution in [3.05, 3.63) is 30.0 Å². The van der Waals surface area contributed by atoms with Gasteiger partial charge in [-0.15, -0.1) is 5.10 Å². The predicted molar refractivity (Wildman–Crippen MR) is 70.5 cm³/mol. The quantitative estimate of drug-likeness (QED) is 0.748. The summed E-state index contributed by atoms with van der Waals surface area (Å²) in [6.45, 7) is 14.7. The van der Waals surface area contributed by atoms with Gasteiger partial charge in [0.15, 0.2) is 0 Å². The van der Waals surface area contributed by atoms with E-state index in [1.807, 2.05) is 0 Å². The molecule has 0 amide bonds. The lowest BCUT2D eigenvalue weighted by molar-refractivity contribution is 0.335. The third-order valence-corrected chi connectivity index (χ3v) is 2.52. The summed E-state index contributed by atoms with van der Waals surface area (Å²) in [5.74, 6) is 0.985. The van der Waals surface area contributed by atoms with Crippen molar-refractivity contribution in [2.75, 3.05) is 6.61 Å². The van der Waals surface area contributed by atoms with Crippen molar-refractivity contribution in [3.8, 4) is 5.88 Å². The molecular weight excluding hydrogens is 212 g/mol. The second kappa shape index (κ2) is 5.30. The molecule has 0 saturated carbocycles. The zero-order valence-electron chi connectivity index (χ0n) is 11.4. The van der Waals surface area contributed by atoms with Crippen LogP contribution in [-0.2, 0) is 5.41 Å². The van der Waals surface area contributed by atoms with E-state index in [1.54, 1.807) is 6.08 Å². The summed E-state index contributed by atoms with van der Waals surface area (Å²) < 4.78 is 5.52. The van der Waals surface area contributed by atoms with E-state index in [0.717, 1.165) is 11.3 Å². The first-order chi connectivity index (χ1) is 7.86. The minimum absolute atomic E-state index is 0.00755. The van der Waals surface area contributed by atoms with Gasteiger partial charge < -0.3 is 4.74 Å². The minimum atomic E-state index is 0.00755. The van der Waals surface area contributed by atoms with Gasteiger partial charge in [0.25, 0.3) is 0 Å². The molecule has 0 unspecified atom stereocenters. The average molecular weight is 234 g/mol. The van der Waals surface area contributed by atoms with E-state index in [-0.39, 0.29) is 5.41 Å². The van der Waals surface area contributed by atoms with Crippen LogP contribution in [0.3, 0.4) is 0 Å². The summed E-state index contributed by atoms with van der Waals surface area (Å²) in [5.41, 5.74) is 2.10. The molecule has 1 rings (SSSR count). The first-order valence-electron chi connectivity index (χ1n) is 5.98. The number of rotatable bonds is 4. The minimum Gasteiger partial charge on any atom is -0.472 e. The molecule has 0 fully saturated rings. The van der Waals surface area contributed by atoms with Crippen molar-refractivity contribution in [1.29, 1.82) is 0 Å². The molecule has 1 aromatic rings. The number of ether oxygens (including phenoxy) is 1. The number of aromatic nitrogens is 2. The van der Waals surface area contributed by atoms with Crippen molar-refractivity contribution in [1.82, 2.24) is 10.2 Å². The van der Waals surface area contributed by atoms with Crippen LogP contribution in [-0.4, -0.2) is 16.8 Å². The summed E-state index contributed by atoms with van der Waals surface area (Å²) in [4.78, 5) is 0. The lowest BCUT2D eigenvalue weighted by Gasteiger charge is -2.20. The zero-order valence-corrected chi connectivity index (χ0v) is 11.4. The maximum Gasteiger partial charge on any atom is 0.237 e. The monoisotopic (exact) mass is 234 g/mol. The second-order valence-corrected chi connectivity index (χ2v) is 5.49. The van der Waals surface area contributed by atoms with Gasteiger partial charge in [0.05, 0.1) is 5.69 Å². The lowest BCUT2D eigenvalue weighted by Crippen LogP contribution is -2.16. The van der Waals surface area contributed by atoms with Crippen LogP contribution in [0.1, 0.15) is 51.8 Å². The highest BCUT2D eigenvalue weighted by molar-refractivity contribution is 5.31. The summed E-state index contributed by atoms with van der Waals surface area (Å²) >= 11 is 0. The Balaban J connectivity index is 3.12. The molecule has 0 radical (unpaired) electrons. The molecule has 1 heterocycles. The van der Waals surface area contributed by atoms with E-state index in [9.17, 15) is 0 Å². The summed E-state index contributed by atoms with van der Waals surface area (Å²) in [6.07, 6.45) is 1.71. The van der Waals surface area contributed by atoms with Gasteiger partial charge in [0.2, 0.25) is 5.88 Å². The Morgan fingerprint density at radius 3 is 2.47 bits per heavy atom. The number of hydrogen-bond acceptors (Lipinski definition) is 3. The Kier molecular flexibility index (Phi) is 4.27. The average Bonchev–Trinajstić information content (AvgIpc) is 2.24. The van der Waals surface area contributed by atoms with Crippen LogP contribution in [0.4, 0.5) is 0 Å². The predicted octanol–water partition coefficient (Wildman–Crippen LogP) is 3.46. The van der Waals surface area contributed by atoms with Crippen molar-refractivity contribution in [2.45, 2.75) is 46.0 Å². The molecule has 0 aliphatic rings. The Labute approximate surface area is 104 Å². The Hall–Kier alpha value is -1.38. The third kappa shape index (κ3) is 3.55. The standard InChI is InChI=1S/C14H22N2O/c1-7-8-17-13-11(10(2)3)9-12(15-16-13)14(4,5)6/h7,9-10H,1,8H2,2-6H3. The van der Waals surface area contributed by atoms with Gasteiger partial charge in [-0.2, -0.15) is 5.10 Å². The molecule has 0 atom stereocenters. The van der Waals surface area contributed by atoms with E-state index in [2.05, 4.69) is 57.5 Å². The molecule has 0 spiro atoms. The summed E-state index contributed by atoms with van der Waals surface area (Å²) in [5, 5.41) is 8.42. The molecule has 0 aromatic carbocycles. The number of nitrogens with zero attached hydrogens (tertiary/aromatic N) is 2. The molecule has 1 aromatic heterocycles. The van der Waals surface area contributed by atoms with E-state index in [1.165, 1.54) is 0 Å². The van der Waals surface area contributed by atoms with Gasteiger partial charge in [-0.05, 0) is 12.0 Å². The van der Waals surface area contributed by atoms with Crippen molar-refractivity contribution in [2.24, 2.45) is 0 Å². The van der Waals surface area contributed by atoms with E-state index >= 15 is 0 Å². The Morgan fingerprint density at radius 1 is 1.35 bits per heavy atom. The molecule has 17 heavy (non-hydrogen) atoms. The molecule has 0 bridgehead atoms. The molecule has 3 nitrogen and oxygen atoms in total. The van der Waals surface area contributed by atoms with Crippen molar-refractivity contribution >= 4 is 0 Å². The topological polar surface area (TPSA) is 35.0 Å². The maximum atomic E-state index is 5.52. The van der Waals surface area contributed by atoms with Crippen LogP contribution in [0, 0.1) is 0 Å². The normalized spacial score (nSPS) is 11.6. The summed E-state index contributed by atoms with van der Waals surface area (Å²) in [6, 6.07) is 2.09. The first-order valence-corrected chi connectivity index (χ1v) is 5.98. The fourth-order valence-electron chi connectivity index (χ4n) is 1.43. The lowest BCUT2D eigenvalue weighted by atomic mass is 9.90. The molecule has 0 aliphatic carbocycles. The van der Waals surface area contributed by atoms with Crippen LogP contribution in [0.5, 0.6) is 5.88 Å². The number of hydrogen-bond donors (Lipinski definition) is 0. The molecular formula is C14H22N2O. The van der Waals surface area contributed by atoms with Crippen molar-refractivity contribution < 1.29 is 4.74 Å². The molecule has 0 N–H and O–H groups in total. The van der Waals surface area contributed by atoms with Crippen molar-refractivity contribution in [3.63, 3.8) is 0 Å². The van der Waals surface area contributed by atoms with Gasteiger partial charge in [-0.25, -0.2) is 0 Å². The van der Waals surface area contributed by atoms with E-state index in [4.69, 9.17) is 4.74 Å². The van der Waals surface area contributed by atoms with Gasteiger partial charge >= 0.3 is 0 Å². The second-order valence-electron chi connectivity index (χ2n) is 5.49. The SMILES string of the molecule is C=CCOc1nnc(C(C)(C)C)cc1C(C)C. The zero-order chi connectivity index (χ0) is 13.1. The van der Waals surface area contributed by atoms with E-state index in [0.29, 0.717) is 18.4 Å². The van der Waals surface area contributed by atoms with Gasteiger partial charge in [-0.1, -0.05) is 47.3 Å². The van der Waals surface area contributed by atoms with Crippen LogP contribution in [0.15, 0.2) is 18.7 Å². The van der Waals surface area contributed by atoms with Crippen LogP contribution >= 0.6 is 0 Å². The highest BCUT2D eigenvalue weighted by atomic mass is 16.5. The molecule has 0 saturated heterocycles. The van der Waals surface area contributed by atoms with Gasteiger partial charge in [-0.3, -0.25) is 0 Å². The van der Waals surface area contributed by atoms with E-state index < -0.39 is 0 Å². The third-order valence-electron chi connectivity index (χ3n) is 2.52. The molecule has 3 heteroatoms. The Bertz CT molecular complexity index is 392. The maximum absolute atomic E-state index is 5.52. The first kappa shape index (κ1) is 13.7. The Morgan fingerprint density at radius 2 is 2.00 bits per heavy atom. The van der Waals surface area contributed by atoms with Crippen LogP contribution < -0.4 is 4.74 Å². The highest BCUT2D eigenvalue weighted by Gasteiger charge is 2.20. The summed E-state index contributed by atoms with van der Waals surface area (Å²) in [7, 11) is 0. The smallest absolute Gasteiger partial charge is 0.237 e. The fraction of sp³-hybridized carbons (Fsp3) is 0.571. The molecule has 94 valence electrons. The van der Waals surface area contributed by atoms with Gasteiger partial charge in [0.1, 0.15) is 6.61 Å².